The van der Waals surface area contributed by atoms with Gasteiger partial charge in [-0.05, 0) is 24.5 Å². The Morgan fingerprint density at radius 2 is 1.74 bits per heavy atom. The predicted octanol–water partition coefficient (Wildman–Crippen LogP) is 4.75. The molecule has 6 nitrogen and oxygen atoms in total. The maximum Gasteiger partial charge on any atom is 0.411 e. The molecule has 0 unspecified atom stereocenters. The van der Waals surface area contributed by atoms with Crippen LogP contribution in [0.15, 0.2) is 33.8 Å². The Bertz CT molecular complexity index is 786. The van der Waals surface area contributed by atoms with Crippen molar-refractivity contribution in [1.29, 1.82) is 0 Å². The number of halogens is 4. The molecule has 0 saturated carbocycles. The van der Waals surface area contributed by atoms with Crippen LogP contribution in [0.2, 0.25) is 0 Å². The highest BCUT2D eigenvalue weighted by Gasteiger charge is 2.27. The molecule has 2 rings (SSSR count). The van der Waals surface area contributed by atoms with E-state index in [1.165, 1.54) is 0 Å². The van der Waals surface area contributed by atoms with Gasteiger partial charge in [0.05, 0.1) is 18.8 Å². The summed E-state index contributed by atoms with van der Waals surface area (Å²) < 4.78 is 46.5. The van der Waals surface area contributed by atoms with Crippen LogP contribution < -0.4 is 10.6 Å². The van der Waals surface area contributed by atoms with Crippen molar-refractivity contribution in [2.45, 2.75) is 59.5 Å². The van der Waals surface area contributed by atoms with Gasteiger partial charge >= 0.3 is 6.18 Å². The molecule has 10 heteroatoms. The summed E-state index contributed by atoms with van der Waals surface area (Å²) in [5.41, 5.74) is 3.64. The molecule has 0 atom stereocenters. The topological polar surface area (TPSA) is 71.7 Å². The van der Waals surface area contributed by atoms with Crippen molar-refractivity contribution in [3.8, 4) is 0 Å². The Morgan fingerprint density at radius 3 is 2.32 bits per heavy atom. The first-order valence-electron chi connectivity index (χ1n) is 10.1. The summed E-state index contributed by atoms with van der Waals surface area (Å²) in [6.45, 7) is 6.45. The normalized spacial score (nSPS) is 11.9. The van der Waals surface area contributed by atoms with Gasteiger partial charge in [0.25, 0.3) is 0 Å². The van der Waals surface area contributed by atoms with Crippen LogP contribution in [0.1, 0.15) is 48.9 Å². The minimum absolute atomic E-state index is 0. The molecule has 1 heterocycles. The number of hydrogen-bond acceptors (Lipinski definition) is 4. The SMILES string of the molecule is CCNC(=NCc1ccc(COCC(F)(F)F)cc1)NCc1c(CC)noc1CC.I. The van der Waals surface area contributed by atoms with Crippen molar-refractivity contribution in [3.05, 3.63) is 52.4 Å². The molecule has 0 amide bonds. The molecule has 1 aromatic carbocycles. The molecule has 31 heavy (non-hydrogen) atoms. The molecule has 0 bridgehead atoms. The molecule has 0 aliphatic rings. The number of benzene rings is 1. The van der Waals surface area contributed by atoms with Crippen LogP contribution >= 0.6 is 24.0 Å². The van der Waals surface area contributed by atoms with Crippen LogP contribution in [0.3, 0.4) is 0 Å². The van der Waals surface area contributed by atoms with Gasteiger partial charge in [0.15, 0.2) is 5.96 Å². The average Bonchev–Trinajstić information content (AvgIpc) is 3.12. The Hall–Kier alpha value is -1.82. The lowest BCUT2D eigenvalue weighted by Gasteiger charge is -2.12. The highest BCUT2D eigenvalue weighted by Crippen LogP contribution is 2.17. The Kier molecular flexibility index (Phi) is 11.9. The second kappa shape index (κ2) is 13.6. The quantitative estimate of drug-likeness (QED) is 0.252. The zero-order valence-corrected chi connectivity index (χ0v) is 20.3. The number of aryl methyl sites for hydroxylation is 2. The lowest BCUT2D eigenvalue weighted by atomic mass is 10.1. The van der Waals surface area contributed by atoms with Gasteiger partial charge in [-0.25, -0.2) is 4.99 Å². The second-order valence-electron chi connectivity index (χ2n) is 6.71. The third kappa shape index (κ3) is 9.46. The average molecular weight is 554 g/mol. The van der Waals surface area contributed by atoms with Gasteiger partial charge in [0.1, 0.15) is 12.4 Å². The number of aliphatic imine (C=N–C) groups is 1. The number of rotatable bonds is 10. The van der Waals surface area contributed by atoms with Crippen LogP contribution in [-0.2, 0) is 37.3 Å². The summed E-state index contributed by atoms with van der Waals surface area (Å²) in [5.74, 6) is 1.54. The number of nitrogens with zero attached hydrogens (tertiary/aromatic N) is 2. The van der Waals surface area contributed by atoms with Crippen molar-refractivity contribution in [3.63, 3.8) is 0 Å². The lowest BCUT2D eigenvalue weighted by molar-refractivity contribution is -0.176. The van der Waals surface area contributed by atoms with Crippen LogP contribution in [0.5, 0.6) is 0 Å². The Balaban J connectivity index is 0.00000480. The van der Waals surface area contributed by atoms with E-state index in [1.54, 1.807) is 12.1 Å². The van der Waals surface area contributed by atoms with E-state index in [0.717, 1.165) is 35.4 Å². The number of aromatic nitrogens is 1. The van der Waals surface area contributed by atoms with Gasteiger partial charge in [-0.3, -0.25) is 0 Å². The Morgan fingerprint density at radius 1 is 1.06 bits per heavy atom. The van der Waals surface area contributed by atoms with Gasteiger partial charge in [-0.15, -0.1) is 24.0 Å². The molecule has 0 saturated heterocycles. The second-order valence-corrected chi connectivity index (χ2v) is 6.71. The minimum atomic E-state index is -4.31. The summed E-state index contributed by atoms with van der Waals surface area (Å²) in [7, 11) is 0. The fraction of sp³-hybridized carbons (Fsp3) is 0.524. The highest BCUT2D eigenvalue weighted by atomic mass is 127. The highest BCUT2D eigenvalue weighted by molar-refractivity contribution is 14.0. The molecular formula is C21H30F3IN4O2. The molecule has 0 spiro atoms. The number of nitrogens with one attached hydrogen (secondary N) is 2. The molecule has 1 aromatic heterocycles. The molecular weight excluding hydrogens is 524 g/mol. The molecule has 2 aromatic rings. The molecule has 174 valence electrons. The molecule has 2 N–H and O–H groups in total. The van der Waals surface area contributed by atoms with Gasteiger partial charge in [-0.1, -0.05) is 43.3 Å². The maximum atomic E-state index is 12.1. The van der Waals surface area contributed by atoms with Crippen molar-refractivity contribution >= 4 is 29.9 Å². The molecule has 0 fully saturated rings. The van der Waals surface area contributed by atoms with Crippen LogP contribution in [-0.4, -0.2) is 30.4 Å². The van der Waals surface area contributed by atoms with Crippen molar-refractivity contribution in [1.82, 2.24) is 15.8 Å². The molecule has 0 aliphatic carbocycles. The summed E-state index contributed by atoms with van der Waals surface area (Å²) in [6.07, 6.45) is -2.74. The first kappa shape index (κ1) is 27.2. The number of hydrogen-bond donors (Lipinski definition) is 2. The van der Waals surface area contributed by atoms with E-state index in [1.807, 2.05) is 32.9 Å². The van der Waals surface area contributed by atoms with Gasteiger partial charge in [0.2, 0.25) is 0 Å². The summed E-state index contributed by atoms with van der Waals surface area (Å²) in [4.78, 5) is 4.58. The van der Waals surface area contributed by atoms with Gasteiger partial charge < -0.3 is 19.9 Å². The van der Waals surface area contributed by atoms with Crippen molar-refractivity contribution < 1.29 is 22.4 Å². The van der Waals surface area contributed by atoms with Crippen LogP contribution in [0, 0.1) is 0 Å². The van der Waals surface area contributed by atoms with Gasteiger partial charge in [0, 0.05) is 25.1 Å². The zero-order chi connectivity index (χ0) is 22.0. The van der Waals surface area contributed by atoms with E-state index in [0.29, 0.717) is 31.2 Å². The summed E-state index contributed by atoms with van der Waals surface area (Å²) in [5, 5.41) is 10.6. The van der Waals surface area contributed by atoms with E-state index in [2.05, 4.69) is 25.5 Å². The summed E-state index contributed by atoms with van der Waals surface area (Å²) >= 11 is 0. The van der Waals surface area contributed by atoms with E-state index in [-0.39, 0.29) is 30.6 Å². The fourth-order valence-electron chi connectivity index (χ4n) is 2.85. The summed E-state index contributed by atoms with van der Waals surface area (Å²) in [6, 6.07) is 7.17. The van der Waals surface area contributed by atoms with Gasteiger partial charge in [-0.2, -0.15) is 13.2 Å². The maximum absolute atomic E-state index is 12.1. The van der Waals surface area contributed by atoms with Crippen molar-refractivity contribution in [2.75, 3.05) is 13.2 Å². The van der Waals surface area contributed by atoms with Crippen LogP contribution in [0.4, 0.5) is 13.2 Å². The standard InChI is InChI=1S/C21H29F3N4O2.HI/c1-4-18-17(19(5-2)30-28-18)12-27-20(25-6-3)26-11-15-7-9-16(10-8-15)13-29-14-21(22,23)24;/h7-10H,4-6,11-14H2,1-3H3,(H2,25,26,27);1H. The molecule has 0 aliphatic heterocycles. The number of ether oxygens (including phenoxy) is 1. The first-order chi connectivity index (χ1) is 14.4. The predicted molar refractivity (Wildman–Crippen MR) is 124 cm³/mol. The third-order valence-corrected chi connectivity index (χ3v) is 4.36. The van der Waals surface area contributed by atoms with Crippen molar-refractivity contribution in [2.24, 2.45) is 4.99 Å². The van der Waals surface area contributed by atoms with E-state index in [4.69, 9.17) is 4.52 Å². The minimum Gasteiger partial charge on any atom is -0.367 e. The first-order valence-corrected chi connectivity index (χ1v) is 10.1. The third-order valence-electron chi connectivity index (χ3n) is 4.36. The molecule has 0 radical (unpaired) electrons. The smallest absolute Gasteiger partial charge is 0.367 e. The monoisotopic (exact) mass is 554 g/mol. The number of alkyl halides is 3. The fourth-order valence-corrected chi connectivity index (χ4v) is 2.85. The van der Waals surface area contributed by atoms with E-state index in [9.17, 15) is 13.2 Å². The lowest BCUT2D eigenvalue weighted by Crippen LogP contribution is -2.37. The zero-order valence-electron chi connectivity index (χ0n) is 18.0. The largest absolute Gasteiger partial charge is 0.411 e. The number of guanidine groups is 1. The Labute approximate surface area is 198 Å². The van der Waals surface area contributed by atoms with E-state index < -0.39 is 12.8 Å². The van der Waals surface area contributed by atoms with Crippen LogP contribution in [0.25, 0.3) is 0 Å². The van der Waals surface area contributed by atoms with E-state index >= 15 is 0 Å².